The topological polar surface area (TPSA) is 151 Å². The van der Waals surface area contributed by atoms with Crippen LogP contribution in [0.3, 0.4) is 0 Å². The van der Waals surface area contributed by atoms with Crippen LogP contribution in [0.5, 0.6) is 5.75 Å². The Kier molecular flexibility index (Phi) is 9.86. The lowest BCUT2D eigenvalue weighted by Gasteiger charge is -2.20. The molecule has 41 heavy (non-hydrogen) atoms. The van der Waals surface area contributed by atoms with Crippen molar-refractivity contribution >= 4 is 43.5 Å². The van der Waals surface area contributed by atoms with Gasteiger partial charge >= 0.3 is 0 Å². The highest BCUT2D eigenvalue weighted by atomic mass is 32.2. The summed E-state index contributed by atoms with van der Waals surface area (Å²) in [6.45, 7) is -0.219. The first-order valence-corrected chi connectivity index (χ1v) is 14.3. The number of phenolic OH excluding ortho intramolecular Hbond substituents is 1. The summed E-state index contributed by atoms with van der Waals surface area (Å²) in [6, 6.07) is 22.2. The quantitative estimate of drug-likeness (QED) is 0.192. The van der Waals surface area contributed by atoms with Crippen molar-refractivity contribution in [3.05, 3.63) is 84.4 Å². The van der Waals surface area contributed by atoms with E-state index in [2.05, 4.69) is 25.4 Å². The average Bonchev–Trinajstić information content (AvgIpc) is 2.95. The van der Waals surface area contributed by atoms with Gasteiger partial charge in [-0.3, -0.25) is 0 Å². The molecule has 0 aliphatic rings. The van der Waals surface area contributed by atoms with Crippen LogP contribution in [0.4, 0.5) is 22.7 Å². The number of aliphatic hydroxyl groups excluding tert-OH is 2. The van der Waals surface area contributed by atoms with Gasteiger partial charge in [-0.05, 0) is 79.6 Å². The first-order chi connectivity index (χ1) is 19.7. The average molecular weight is 577 g/mol. The van der Waals surface area contributed by atoms with Crippen LogP contribution in [0.25, 0.3) is 10.8 Å². The zero-order valence-corrected chi connectivity index (χ0v) is 23.6. The number of azo groups is 2. The van der Waals surface area contributed by atoms with Crippen molar-refractivity contribution in [2.24, 2.45) is 20.5 Å². The van der Waals surface area contributed by atoms with Gasteiger partial charge in [0.2, 0.25) is 10.0 Å². The predicted octanol–water partition coefficient (Wildman–Crippen LogP) is 5.41. The van der Waals surface area contributed by atoms with E-state index >= 15 is 0 Å². The second-order valence-corrected chi connectivity index (χ2v) is 11.4. The third kappa shape index (κ3) is 7.57. The summed E-state index contributed by atoms with van der Waals surface area (Å²) in [5.41, 5.74) is 3.25. The Bertz CT molecular complexity index is 1650. The number of phenols is 1. The number of hydrogen-bond donors (Lipinski definition) is 3. The van der Waals surface area contributed by atoms with Gasteiger partial charge in [-0.15, -0.1) is 5.11 Å². The first-order valence-electron chi connectivity index (χ1n) is 12.9. The van der Waals surface area contributed by atoms with Crippen molar-refractivity contribution in [2.45, 2.75) is 11.4 Å². The van der Waals surface area contributed by atoms with Gasteiger partial charge in [0.1, 0.15) is 11.4 Å². The molecule has 0 aliphatic carbocycles. The van der Waals surface area contributed by atoms with Crippen LogP contribution in [-0.2, 0) is 16.6 Å². The number of aromatic hydroxyl groups is 1. The molecule has 0 amide bonds. The number of sulfonamides is 1. The standard InChI is InChI=1S/C29H32N6O5S/c1-34(2)20-21-4-3-5-25(18-21)32-30-23-7-9-24(10-8-23)31-33-29-27-12-11-26(19-22(27)6-13-28(29)38)41(39,40)35(14-16-36)15-17-37/h3-13,18-19,36-38H,14-17,20H2,1-2H3. The van der Waals surface area contributed by atoms with Crippen LogP contribution in [0.1, 0.15) is 5.56 Å². The maximum Gasteiger partial charge on any atom is 0.243 e. The lowest BCUT2D eigenvalue weighted by atomic mass is 10.1. The van der Waals surface area contributed by atoms with E-state index in [-0.39, 0.29) is 42.6 Å². The van der Waals surface area contributed by atoms with E-state index in [0.29, 0.717) is 22.1 Å². The highest BCUT2D eigenvalue weighted by molar-refractivity contribution is 7.89. The van der Waals surface area contributed by atoms with Crippen LogP contribution in [0.2, 0.25) is 0 Å². The summed E-state index contributed by atoms with van der Waals surface area (Å²) in [5, 5.41) is 47.1. The molecule has 0 unspecified atom stereocenters. The lowest BCUT2D eigenvalue weighted by Crippen LogP contribution is -2.35. The van der Waals surface area contributed by atoms with Gasteiger partial charge in [0.05, 0.1) is 35.2 Å². The Morgan fingerprint density at radius 1 is 0.732 bits per heavy atom. The van der Waals surface area contributed by atoms with Crippen LogP contribution >= 0.6 is 0 Å². The molecule has 4 aromatic carbocycles. The molecule has 214 valence electrons. The van der Waals surface area contributed by atoms with Crippen molar-refractivity contribution in [1.29, 1.82) is 0 Å². The van der Waals surface area contributed by atoms with Gasteiger partial charge in [0.15, 0.2) is 0 Å². The highest BCUT2D eigenvalue weighted by Crippen LogP contribution is 2.37. The zero-order chi connectivity index (χ0) is 29.4. The minimum Gasteiger partial charge on any atom is -0.506 e. The van der Waals surface area contributed by atoms with Gasteiger partial charge < -0.3 is 20.2 Å². The molecule has 0 atom stereocenters. The molecule has 0 aliphatic heterocycles. The van der Waals surface area contributed by atoms with Crippen LogP contribution in [-0.4, -0.2) is 73.3 Å². The minimum absolute atomic E-state index is 0.00495. The van der Waals surface area contributed by atoms with Crippen LogP contribution < -0.4 is 0 Å². The molecule has 3 N–H and O–H groups in total. The van der Waals surface area contributed by atoms with Gasteiger partial charge in [0, 0.05) is 25.0 Å². The Hall–Kier alpha value is -4.07. The molecule has 0 bridgehead atoms. The van der Waals surface area contributed by atoms with Gasteiger partial charge in [-0.25, -0.2) is 8.42 Å². The Balaban J connectivity index is 1.54. The number of hydrogen-bond acceptors (Lipinski definition) is 10. The summed E-state index contributed by atoms with van der Waals surface area (Å²) in [4.78, 5) is 2.08. The van der Waals surface area contributed by atoms with Crippen molar-refractivity contribution in [2.75, 3.05) is 40.4 Å². The maximum absolute atomic E-state index is 13.0. The summed E-state index contributed by atoms with van der Waals surface area (Å²) in [5.74, 6) is -0.110. The van der Waals surface area contributed by atoms with Crippen molar-refractivity contribution in [1.82, 2.24) is 9.21 Å². The molecule has 0 fully saturated rings. The van der Waals surface area contributed by atoms with E-state index in [1.807, 2.05) is 38.4 Å². The van der Waals surface area contributed by atoms with Crippen molar-refractivity contribution in [3.63, 3.8) is 0 Å². The van der Waals surface area contributed by atoms with E-state index in [1.54, 1.807) is 36.4 Å². The molecule has 12 heteroatoms. The Morgan fingerprint density at radius 2 is 1.37 bits per heavy atom. The molecule has 0 saturated carbocycles. The second kappa shape index (κ2) is 13.5. The molecule has 0 saturated heterocycles. The molecule has 0 spiro atoms. The van der Waals surface area contributed by atoms with E-state index in [1.165, 1.54) is 18.2 Å². The van der Waals surface area contributed by atoms with E-state index in [0.717, 1.165) is 22.1 Å². The molecule has 0 radical (unpaired) electrons. The third-order valence-electron chi connectivity index (χ3n) is 6.08. The minimum atomic E-state index is -3.95. The highest BCUT2D eigenvalue weighted by Gasteiger charge is 2.24. The normalized spacial score (nSPS) is 12.4. The van der Waals surface area contributed by atoms with Crippen molar-refractivity contribution < 1.29 is 23.7 Å². The molecular formula is C29H32N6O5S. The largest absolute Gasteiger partial charge is 0.506 e. The van der Waals surface area contributed by atoms with Crippen molar-refractivity contribution in [3.8, 4) is 5.75 Å². The fourth-order valence-electron chi connectivity index (χ4n) is 4.16. The summed E-state index contributed by atoms with van der Waals surface area (Å²) < 4.78 is 27.1. The number of rotatable bonds is 12. The second-order valence-electron chi connectivity index (χ2n) is 9.49. The summed E-state index contributed by atoms with van der Waals surface area (Å²) >= 11 is 0. The molecule has 0 heterocycles. The zero-order valence-electron chi connectivity index (χ0n) is 22.8. The van der Waals surface area contributed by atoms with Crippen LogP contribution in [0.15, 0.2) is 104 Å². The number of nitrogens with zero attached hydrogens (tertiary/aromatic N) is 6. The molecule has 4 aromatic rings. The van der Waals surface area contributed by atoms with Gasteiger partial charge in [-0.2, -0.15) is 19.6 Å². The van der Waals surface area contributed by atoms with Crippen LogP contribution in [0, 0.1) is 0 Å². The predicted molar refractivity (Wildman–Crippen MR) is 157 cm³/mol. The summed E-state index contributed by atoms with van der Waals surface area (Å²) in [7, 11) is 0.0643. The Morgan fingerprint density at radius 3 is 2.00 bits per heavy atom. The lowest BCUT2D eigenvalue weighted by molar-refractivity contribution is 0.217. The molecule has 4 rings (SSSR count). The monoisotopic (exact) mass is 576 g/mol. The number of aliphatic hydroxyl groups is 2. The van der Waals surface area contributed by atoms with E-state index in [9.17, 15) is 23.7 Å². The van der Waals surface area contributed by atoms with E-state index < -0.39 is 10.0 Å². The summed E-state index contributed by atoms with van der Waals surface area (Å²) in [6.07, 6.45) is 0. The SMILES string of the molecule is CN(C)Cc1cccc(N=Nc2ccc(N=Nc3c(O)ccc4cc(S(=O)(=O)N(CCO)CCO)ccc34)cc2)c1. The maximum atomic E-state index is 13.0. The molecule has 0 aromatic heterocycles. The fraction of sp³-hybridized carbons (Fsp3) is 0.241. The molecule has 11 nitrogen and oxygen atoms in total. The van der Waals surface area contributed by atoms with E-state index in [4.69, 9.17) is 0 Å². The van der Waals surface area contributed by atoms with Gasteiger partial charge in [-0.1, -0.05) is 24.3 Å². The number of fused-ring (bicyclic) bond motifs is 1. The number of benzene rings is 4. The Labute approximate surface area is 238 Å². The smallest absolute Gasteiger partial charge is 0.243 e. The molecular weight excluding hydrogens is 544 g/mol. The van der Waals surface area contributed by atoms with Gasteiger partial charge in [0.25, 0.3) is 0 Å². The third-order valence-corrected chi connectivity index (χ3v) is 7.98. The first kappa shape index (κ1) is 29.9. The fourth-order valence-corrected chi connectivity index (χ4v) is 5.62.